The first-order valence-electron chi connectivity index (χ1n) is 3.96. The van der Waals surface area contributed by atoms with E-state index in [0.717, 1.165) is 10.7 Å². The first-order chi connectivity index (χ1) is 6.06. The lowest BCUT2D eigenvalue weighted by molar-refractivity contribution is 0.101. The van der Waals surface area contributed by atoms with Gasteiger partial charge in [0.2, 0.25) is 0 Å². The van der Waals surface area contributed by atoms with Gasteiger partial charge in [0.1, 0.15) is 10.9 Å². The van der Waals surface area contributed by atoms with Crippen LogP contribution in [0.3, 0.4) is 0 Å². The molecule has 3 nitrogen and oxygen atoms in total. The SMILES string of the molecule is CSc1nc(C)nc(C)c1C(C)=O. The quantitative estimate of drug-likeness (QED) is 0.412. The van der Waals surface area contributed by atoms with Gasteiger partial charge in [-0.25, -0.2) is 9.97 Å². The van der Waals surface area contributed by atoms with E-state index < -0.39 is 0 Å². The molecule has 0 fully saturated rings. The Kier molecular flexibility index (Phi) is 3.03. The third kappa shape index (κ3) is 2.06. The van der Waals surface area contributed by atoms with Gasteiger partial charge in [0.25, 0.3) is 0 Å². The molecule has 1 aromatic heterocycles. The van der Waals surface area contributed by atoms with Crippen LogP contribution in [0.2, 0.25) is 0 Å². The van der Waals surface area contributed by atoms with Crippen molar-refractivity contribution in [3.63, 3.8) is 0 Å². The Bertz CT molecular complexity index is 350. The van der Waals surface area contributed by atoms with Crippen LogP contribution >= 0.6 is 11.8 Å². The van der Waals surface area contributed by atoms with E-state index in [1.165, 1.54) is 11.8 Å². The molecule has 0 saturated heterocycles. The minimum atomic E-state index is 0.0295. The molecule has 0 aromatic carbocycles. The summed E-state index contributed by atoms with van der Waals surface area (Å²) in [5.74, 6) is 0.744. The molecule has 0 saturated carbocycles. The molecule has 0 unspecified atom stereocenters. The highest BCUT2D eigenvalue weighted by Gasteiger charge is 2.12. The zero-order valence-corrected chi connectivity index (χ0v) is 9.03. The van der Waals surface area contributed by atoms with Crippen molar-refractivity contribution < 1.29 is 4.79 Å². The number of hydrogen-bond donors (Lipinski definition) is 0. The van der Waals surface area contributed by atoms with E-state index in [1.54, 1.807) is 6.92 Å². The largest absolute Gasteiger partial charge is 0.294 e. The first kappa shape index (κ1) is 10.2. The standard InChI is InChI=1S/C9H12N2OS/c1-5-8(6(2)12)9(13-4)11-7(3)10-5/h1-4H3. The molecule has 0 atom stereocenters. The van der Waals surface area contributed by atoms with Crippen LogP contribution in [0.5, 0.6) is 0 Å². The number of nitrogens with zero attached hydrogens (tertiary/aromatic N) is 2. The molecule has 0 N–H and O–H groups in total. The minimum Gasteiger partial charge on any atom is -0.294 e. The number of rotatable bonds is 2. The van der Waals surface area contributed by atoms with Gasteiger partial charge in [-0.3, -0.25) is 4.79 Å². The normalized spacial score (nSPS) is 10.2. The van der Waals surface area contributed by atoms with Crippen LogP contribution < -0.4 is 0 Å². The summed E-state index contributed by atoms with van der Waals surface area (Å²) in [5.41, 5.74) is 1.42. The molecule has 0 bridgehead atoms. The van der Waals surface area contributed by atoms with Crippen LogP contribution in [0.25, 0.3) is 0 Å². The van der Waals surface area contributed by atoms with E-state index in [4.69, 9.17) is 0 Å². The number of aryl methyl sites for hydroxylation is 2. The van der Waals surface area contributed by atoms with Crippen molar-refractivity contribution in [2.24, 2.45) is 0 Å². The van der Waals surface area contributed by atoms with Crippen molar-refractivity contribution in [2.45, 2.75) is 25.8 Å². The fraction of sp³-hybridized carbons (Fsp3) is 0.444. The minimum absolute atomic E-state index is 0.0295. The van der Waals surface area contributed by atoms with E-state index in [0.29, 0.717) is 11.4 Å². The summed E-state index contributed by atoms with van der Waals surface area (Å²) in [6.45, 7) is 5.21. The first-order valence-corrected chi connectivity index (χ1v) is 5.19. The monoisotopic (exact) mass is 196 g/mol. The molecular formula is C9H12N2OS. The van der Waals surface area contributed by atoms with E-state index in [1.807, 2.05) is 20.1 Å². The van der Waals surface area contributed by atoms with Crippen LogP contribution in [0.1, 0.15) is 28.8 Å². The number of hydrogen-bond acceptors (Lipinski definition) is 4. The summed E-state index contributed by atoms with van der Waals surface area (Å²) in [5, 5.41) is 0.775. The third-order valence-electron chi connectivity index (χ3n) is 1.71. The van der Waals surface area contributed by atoms with Gasteiger partial charge in [-0.2, -0.15) is 0 Å². The zero-order valence-electron chi connectivity index (χ0n) is 8.21. The lowest BCUT2D eigenvalue weighted by atomic mass is 10.2. The number of Topliss-reactive ketones (excluding diaryl/α,β-unsaturated/α-hetero) is 1. The molecule has 70 valence electrons. The maximum absolute atomic E-state index is 11.3. The van der Waals surface area contributed by atoms with Crippen LogP contribution in [0.4, 0.5) is 0 Å². The van der Waals surface area contributed by atoms with Gasteiger partial charge in [0.05, 0.1) is 11.3 Å². The number of ketones is 1. The highest BCUT2D eigenvalue weighted by atomic mass is 32.2. The van der Waals surface area contributed by atoms with Crippen LogP contribution in [0.15, 0.2) is 5.03 Å². The summed E-state index contributed by atoms with van der Waals surface area (Å²) in [4.78, 5) is 19.6. The molecule has 0 spiro atoms. The van der Waals surface area contributed by atoms with E-state index in [9.17, 15) is 4.79 Å². The second-order valence-electron chi connectivity index (χ2n) is 2.80. The summed E-state index contributed by atoms with van der Waals surface area (Å²) < 4.78 is 0. The van der Waals surface area contributed by atoms with Crippen molar-refractivity contribution >= 4 is 17.5 Å². The number of aromatic nitrogens is 2. The molecule has 0 aliphatic heterocycles. The van der Waals surface area contributed by atoms with Gasteiger partial charge < -0.3 is 0 Å². The Labute approximate surface area is 82.0 Å². The lowest BCUT2D eigenvalue weighted by Crippen LogP contribution is -2.05. The topological polar surface area (TPSA) is 42.9 Å². The predicted octanol–water partition coefficient (Wildman–Crippen LogP) is 2.02. The Hall–Kier alpha value is -0.900. The number of thioether (sulfide) groups is 1. The molecule has 13 heavy (non-hydrogen) atoms. The highest BCUT2D eigenvalue weighted by molar-refractivity contribution is 7.98. The van der Waals surface area contributed by atoms with E-state index in [-0.39, 0.29) is 5.78 Å². The fourth-order valence-corrected chi connectivity index (χ4v) is 1.95. The van der Waals surface area contributed by atoms with E-state index in [2.05, 4.69) is 9.97 Å². The highest BCUT2D eigenvalue weighted by Crippen LogP contribution is 2.20. The van der Waals surface area contributed by atoms with Gasteiger partial charge in [-0.05, 0) is 27.0 Å². The van der Waals surface area contributed by atoms with Crippen molar-refractivity contribution in [1.82, 2.24) is 9.97 Å². The van der Waals surface area contributed by atoms with Gasteiger partial charge >= 0.3 is 0 Å². The summed E-state index contributed by atoms with van der Waals surface area (Å²) in [6.07, 6.45) is 1.91. The van der Waals surface area contributed by atoms with Gasteiger partial charge in [0.15, 0.2) is 5.78 Å². The smallest absolute Gasteiger partial charge is 0.164 e. The number of carbonyl (C=O) groups is 1. The maximum atomic E-state index is 11.3. The number of carbonyl (C=O) groups excluding carboxylic acids is 1. The van der Waals surface area contributed by atoms with E-state index >= 15 is 0 Å². The van der Waals surface area contributed by atoms with Crippen LogP contribution in [0, 0.1) is 13.8 Å². The average Bonchev–Trinajstić information content (AvgIpc) is 2.01. The Morgan fingerprint density at radius 3 is 2.38 bits per heavy atom. The van der Waals surface area contributed by atoms with Crippen molar-refractivity contribution in [2.75, 3.05) is 6.26 Å². The van der Waals surface area contributed by atoms with Crippen LogP contribution in [-0.2, 0) is 0 Å². The van der Waals surface area contributed by atoms with Gasteiger partial charge in [-0.15, -0.1) is 11.8 Å². The molecule has 0 amide bonds. The molecule has 1 heterocycles. The molecule has 0 radical (unpaired) electrons. The second-order valence-corrected chi connectivity index (χ2v) is 3.59. The molecule has 0 aliphatic carbocycles. The van der Waals surface area contributed by atoms with Crippen molar-refractivity contribution in [3.8, 4) is 0 Å². The molecule has 4 heteroatoms. The third-order valence-corrected chi connectivity index (χ3v) is 2.40. The fourth-order valence-electron chi connectivity index (χ4n) is 1.23. The Morgan fingerprint density at radius 1 is 1.31 bits per heavy atom. The molecule has 1 aromatic rings. The van der Waals surface area contributed by atoms with Gasteiger partial charge in [0, 0.05) is 0 Å². The zero-order chi connectivity index (χ0) is 10.0. The lowest BCUT2D eigenvalue weighted by Gasteiger charge is -2.06. The molecule has 1 rings (SSSR count). The molecular weight excluding hydrogens is 184 g/mol. The maximum Gasteiger partial charge on any atom is 0.164 e. The average molecular weight is 196 g/mol. The van der Waals surface area contributed by atoms with Crippen LogP contribution in [-0.4, -0.2) is 22.0 Å². The Balaban J connectivity index is 3.38. The summed E-state index contributed by atoms with van der Waals surface area (Å²) >= 11 is 1.48. The second kappa shape index (κ2) is 3.87. The molecule has 0 aliphatic rings. The van der Waals surface area contributed by atoms with Crippen molar-refractivity contribution in [3.05, 3.63) is 17.1 Å². The van der Waals surface area contributed by atoms with Crippen molar-refractivity contribution in [1.29, 1.82) is 0 Å². The van der Waals surface area contributed by atoms with Gasteiger partial charge in [-0.1, -0.05) is 0 Å². The predicted molar refractivity (Wildman–Crippen MR) is 53.3 cm³/mol. The Morgan fingerprint density at radius 2 is 1.92 bits per heavy atom. The summed E-state index contributed by atoms with van der Waals surface area (Å²) in [6, 6.07) is 0. The summed E-state index contributed by atoms with van der Waals surface area (Å²) in [7, 11) is 0.